The lowest BCUT2D eigenvalue weighted by molar-refractivity contribution is -0.138. The van der Waals surface area contributed by atoms with E-state index in [1.54, 1.807) is 0 Å². The molecule has 4 nitrogen and oxygen atoms in total. The summed E-state index contributed by atoms with van der Waals surface area (Å²) in [5.41, 5.74) is 0. The Bertz CT molecular complexity index is 552. The molecule has 176 valence electrons. The van der Waals surface area contributed by atoms with Crippen molar-refractivity contribution < 1.29 is 19.1 Å². The van der Waals surface area contributed by atoms with Crippen LogP contribution in [0.5, 0.6) is 0 Å². The molecule has 0 aromatic heterocycles. The van der Waals surface area contributed by atoms with E-state index in [4.69, 9.17) is 9.47 Å². The molecule has 0 amide bonds. The van der Waals surface area contributed by atoms with Gasteiger partial charge in [0.1, 0.15) is 0 Å². The third kappa shape index (κ3) is 10.1. The zero-order valence-corrected chi connectivity index (χ0v) is 25.8. The van der Waals surface area contributed by atoms with Crippen molar-refractivity contribution in [1.82, 2.24) is 0 Å². The summed E-state index contributed by atoms with van der Waals surface area (Å²) in [6, 6.07) is 0. The minimum absolute atomic E-state index is 0.291. The number of carbonyl (C=O) groups is 2. The summed E-state index contributed by atoms with van der Waals surface area (Å²) in [4.78, 5) is 21.9. The van der Waals surface area contributed by atoms with Crippen LogP contribution in [0.2, 0.25) is 82.8 Å². The Morgan fingerprint density at radius 3 is 1.30 bits per heavy atom. The summed E-state index contributed by atoms with van der Waals surface area (Å²) in [6.45, 7) is 36.2. The monoisotopic (exact) mass is 488 g/mol. The number of hydrogen-bond donors (Lipinski definition) is 0. The highest BCUT2D eigenvalue weighted by molar-refractivity contribution is 7.15. The highest BCUT2D eigenvalue weighted by Gasteiger charge is 2.59. The van der Waals surface area contributed by atoms with Gasteiger partial charge in [-0.25, -0.2) is 9.59 Å². The van der Waals surface area contributed by atoms with E-state index in [1.165, 1.54) is 12.2 Å². The van der Waals surface area contributed by atoms with Crippen molar-refractivity contribution in [2.24, 2.45) is 0 Å². The van der Waals surface area contributed by atoms with Gasteiger partial charge in [0.25, 0.3) is 0 Å². The van der Waals surface area contributed by atoms with Gasteiger partial charge in [0.2, 0.25) is 0 Å². The van der Waals surface area contributed by atoms with E-state index in [-0.39, 0.29) is 11.9 Å². The molecule has 0 N–H and O–H groups in total. The second-order valence-corrected chi connectivity index (χ2v) is 35.1. The van der Waals surface area contributed by atoms with Crippen LogP contribution in [-0.2, 0) is 19.1 Å². The minimum Gasteiger partial charge on any atom is -0.466 e. The highest BCUT2D eigenvalue weighted by Crippen LogP contribution is 2.56. The van der Waals surface area contributed by atoms with Crippen molar-refractivity contribution in [3.8, 4) is 0 Å². The minimum atomic E-state index is -1.38. The van der Waals surface area contributed by atoms with Crippen LogP contribution in [0.15, 0.2) is 25.3 Å². The van der Waals surface area contributed by atoms with Crippen LogP contribution in [0.4, 0.5) is 0 Å². The van der Waals surface area contributed by atoms with Crippen LogP contribution < -0.4 is 0 Å². The summed E-state index contributed by atoms with van der Waals surface area (Å²) < 4.78 is 10.7. The standard InChI is InChI=1S/C15H34O2Si3.C7H14O2Si/c1-11-14(16)17-13-12-15(18(2,3)4,19(5,6)7)20(8,9)10;1-5-7(8)9-6-10(2,3)4/h11H,1,12-13H2,2-10H3;5H,1,6H2,2-4H3. The van der Waals surface area contributed by atoms with E-state index >= 15 is 0 Å². The Morgan fingerprint density at radius 1 is 0.700 bits per heavy atom. The SMILES string of the molecule is C=CC(=O)OCCC([Si](C)(C)C)([Si](C)(C)C)[Si](C)(C)C.C=CC(=O)OC[Si](C)(C)C. The normalized spacial score (nSPS) is 12.9. The molecule has 0 saturated carbocycles. The molecule has 0 saturated heterocycles. The van der Waals surface area contributed by atoms with E-state index in [0.717, 1.165) is 6.42 Å². The van der Waals surface area contributed by atoms with Crippen molar-refractivity contribution >= 4 is 44.2 Å². The Hall–Kier alpha value is -0.712. The summed E-state index contributed by atoms with van der Waals surface area (Å²) >= 11 is 0. The number of ether oxygens (including phenoxy) is 2. The van der Waals surface area contributed by atoms with Crippen molar-refractivity contribution in [2.45, 2.75) is 89.3 Å². The van der Waals surface area contributed by atoms with Crippen molar-refractivity contribution in [3.63, 3.8) is 0 Å². The molecule has 0 spiro atoms. The van der Waals surface area contributed by atoms with Crippen molar-refractivity contribution in [2.75, 3.05) is 12.8 Å². The molecule has 0 radical (unpaired) electrons. The first kappa shape index (κ1) is 31.5. The second-order valence-electron chi connectivity index (χ2n) is 12.1. The van der Waals surface area contributed by atoms with E-state index in [2.05, 4.69) is 91.7 Å². The average Bonchev–Trinajstić information content (AvgIpc) is 2.52. The molecule has 0 fully saturated rings. The van der Waals surface area contributed by atoms with Crippen LogP contribution >= 0.6 is 0 Å². The first-order valence-electron chi connectivity index (χ1n) is 10.7. The fourth-order valence-electron chi connectivity index (χ4n) is 5.21. The Labute approximate surface area is 190 Å². The largest absolute Gasteiger partial charge is 0.466 e. The van der Waals surface area contributed by atoms with Gasteiger partial charge in [0, 0.05) is 36.4 Å². The molecule has 0 heterocycles. The van der Waals surface area contributed by atoms with Crippen LogP contribution in [-0.4, -0.2) is 57.1 Å². The molecule has 30 heavy (non-hydrogen) atoms. The molecular formula is C22H48O4Si4. The van der Waals surface area contributed by atoms with Gasteiger partial charge in [-0.3, -0.25) is 0 Å². The maximum Gasteiger partial charge on any atom is 0.330 e. The van der Waals surface area contributed by atoms with Crippen LogP contribution in [0, 0.1) is 0 Å². The molecule has 0 bridgehead atoms. The van der Waals surface area contributed by atoms with E-state index in [0.29, 0.717) is 17.1 Å². The predicted molar refractivity (Wildman–Crippen MR) is 143 cm³/mol. The van der Waals surface area contributed by atoms with Crippen LogP contribution in [0.3, 0.4) is 0 Å². The van der Waals surface area contributed by atoms with Gasteiger partial charge in [0.05, 0.1) is 20.9 Å². The average molecular weight is 489 g/mol. The first-order chi connectivity index (χ1) is 13.2. The smallest absolute Gasteiger partial charge is 0.330 e. The van der Waals surface area contributed by atoms with E-state index < -0.39 is 32.3 Å². The number of rotatable bonds is 10. The van der Waals surface area contributed by atoms with Gasteiger partial charge in [-0.2, -0.15) is 0 Å². The fraction of sp³-hybridized carbons (Fsp3) is 0.727. The summed E-state index contributed by atoms with van der Waals surface area (Å²) in [7, 11) is -5.38. The maximum atomic E-state index is 11.3. The van der Waals surface area contributed by atoms with Gasteiger partial charge in [0.15, 0.2) is 0 Å². The molecule has 0 aliphatic rings. The van der Waals surface area contributed by atoms with E-state index in [1.807, 2.05) is 0 Å². The van der Waals surface area contributed by atoms with Crippen molar-refractivity contribution in [1.29, 1.82) is 0 Å². The van der Waals surface area contributed by atoms with Crippen molar-refractivity contribution in [3.05, 3.63) is 25.3 Å². The third-order valence-electron chi connectivity index (χ3n) is 5.54. The van der Waals surface area contributed by atoms with Gasteiger partial charge in [-0.05, 0) is 10.7 Å². The molecule has 0 aliphatic carbocycles. The lowest BCUT2D eigenvalue weighted by Crippen LogP contribution is -2.66. The van der Waals surface area contributed by atoms with Gasteiger partial charge in [-0.15, -0.1) is 0 Å². The Kier molecular flexibility index (Phi) is 12.4. The third-order valence-corrected chi connectivity index (χ3v) is 28.5. The zero-order valence-electron chi connectivity index (χ0n) is 21.8. The van der Waals surface area contributed by atoms with E-state index in [9.17, 15) is 9.59 Å². The number of hydrogen-bond acceptors (Lipinski definition) is 4. The molecule has 8 heteroatoms. The summed E-state index contributed by atoms with van der Waals surface area (Å²) in [5.74, 6) is -0.608. The second kappa shape index (κ2) is 11.8. The summed E-state index contributed by atoms with van der Waals surface area (Å²) in [5, 5.41) is 0. The molecular weight excluding hydrogens is 441 g/mol. The highest BCUT2D eigenvalue weighted by atomic mass is 28.5. The molecule has 0 atom stereocenters. The molecule has 0 aromatic carbocycles. The quantitative estimate of drug-likeness (QED) is 0.199. The lowest BCUT2D eigenvalue weighted by atomic mass is 10.5. The summed E-state index contributed by atoms with van der Waals surface area (Å²) in [6.07, 6.45) is 4.07. The zero-order chi connectivity index (χ0) is 24.6. The topological polar surface area (TPSA) is 52.6 Å². The molecule has 0 unspecified atom stereocenters. The molecule has 0 aromatic rings. The predicted octanol–water partition coefficient (Wildman–Crippen LogP) is 6.53. The van der Waals surface area contributed by atoms with Gasteiger partial charge < -0.3 is 9.47 Å². The lowest BCUT2D eigenvalue weighted by Gasteiger charge is -2.59. The van der Waals surface area contributed by atoms with Crippen LogP contribution in [0.25, 0.3) is 0 Å². The first-order valence-corrected chi connectivity index (χ1v) is 25.0. The number of carbonyl (C=O) groups excluding carboxylic acids is 2. The van der Waals surface area contributed by atoms with Crippen LogP contribution in [0.1, 0.15) is 6.42 Å². The maximum absolute atomic E-state index is 11.3. The Morgan fingerprint density at radius 2 is 1.03 bits per heavy atom. The van der Waals surface area contributed by atoms with Gasteiger partial charge in [-0.1, -0.05) is 91.7 Å². The number of esters is 2. The molecule has 0 rings (SSSR count). The molecule has 0 aliphatic heterocycles. The fourth-order valence-corrected chi connectivity index (χ4v) is 35.3. The Balaban J connectivity index is 0. The van der Waals surface area contributed by atoms with Gasteiger partial charge >= 0.3 is 11.9 Å².